The molecule has 2 heterocycles. The average molecular weight is 971 g/mol. The monoisotopic (exact) mass is 970 g/mol. The van der Waals surface area contributed by atoms with Crippen molar-refractivity contribution in [1.29, 1.82) is 0 Å². The van der Waals surface area contributed by atoms with Gasteiger partial charge in [-0.15, -0.1) is 10.2 Å². The molecule has 0 spiro atoms. The summed E-state index contributed by atoms with van der Waals surface area (Å²) >= 11 is 1.22. The Labute approximate surface area is 392 Å². The predicted octanol–water partition coefficient (Wildman–Crippen LogP) is 6.32. The number of nitrogens with zero attached hydrogens (tertiary/aromatic N) is 6. The number of alkyl carbamates (subject to hydrolysis) is 1. The molecule has 67 heavy (non-hydrogen) atoms. The number of benzene rings is 5. The van der Waals surface area contributed by atoms with Crippen molar-refractivity contribution in [2.75, 3.05) is 39.4 Å². The van der Waals surface area contributed by atoms with E-state index in [0.717, 1.165) is 9.87 Å². The minimum atomic E-state index is -5.00. The maximum absolute atomic E-state index is 16.1. The van der Waals surface area contributed by atoms with Gasteiger partial charge in [0.2, 0.25) is 15.8 Å². The minimum Gasteiger partial charge on any atom is -0.497 e. The van der Waals surface area contributed by atoms with Crippen LogP contribution in [0.5, 0.6) is 17.2 Å². The van der Waals surface area contributed by atoms with Gasteiger partial charge < -0.3 is 35.1 Å². The highest BCUT2D eigenvalue weighted by molar-refractivity contribution is 7.93. The molecule has 0 saturated heterocycles. The molecule has 352 valence electrons. The van der Waals surface area contributed by atoms with E-state index in [1.807, 2.05) is 18.2 Å². The molecule has 1 atom stereocenters. The zero-order valence-electron chi connectivity index (χ0n) is 37.5. The number of carbonyl (C=O) groups is 1. The second-order valence-electron chi connectivity index (χ2n) is 16.3. The van der Waals surface area contributed by atoms with Crippen LogP contribution < -0.4 is 25.3 Å². The van der Waals surface area contributed by atoms with E-state index in [4.69, 9.17) is 29.8 Å². The number of thiazole rings is 1. The molecule has 21 heteroatoms. The first kappa shape index (κ1) is 48.3. The summed E-state index contributed by atoms with van der Waals surface area (Å²) in [4.78, 5) is 17.4. The van der Waals surface area contributed by atoms with Gasteiger partial charge in [0, 0.05) is 18.7 Å². The molecule has 5 aromatic carbocycles. The number of aliphatic hydroxyl groups excluding tert-OH is 1. The van der Waals surface area contributed by atoms with Crippen molar-refractivity contribution in [3.05, 3.63) is 120 Å². The number of rotatable bonds is 18. The van der Waals surface area contributed by atoms with E-state index in [0.29, 0.717) is 44.2 Å². The molecule has 0 aliphatic heterocycles. The Bertz CT molecular complexity index is 3030. The van der Waals surface area contributed by atoms with Gasteiger partial charge in [-0.2, -0.15) is 9.10 Å². The third-order valence-corrected chi connectivity index (χ3v) is 15.0. The van der Waals surface area contributed by atoms with Gasteiger partial charge in [-0.05, 0) is 96.8 Å². The lowest BCUT2D eigenvalue weighted by molar-refractivity contribution is 0.0490. The maximum Gasteiger partial charge on any atom is 0.407 e. The number of sulfonamides is 1. The fourth-order valence-electron chi connectivity index (χ4n) is 7.19. The molecule has 2 aromatic heterocycles. The zero-order chi connectivity index (χ0) is 48.1. The van der Waals surface area contributed by atoms with Crippen LogP contribution in [0.1, 0.15) is 37.5 Å². The Kier molecular flexibility index (Phi) is 14.5. The standard InChI is InChI=1S/C46H50N8O10S3/c1-46(2,3)64-45(56)48-32(27-55)28-66(57,58)39-23-22-36(37-8-7-9-38-41(37)49-44(47)65-38)40(43-50-52-54(51-43)26-31-14-20-35(63-6)21-15-31)42(39)67(59,60)53(24-29-10-16-33(61-4)17-11-29)25-30-12-18-34(62-5)19-13-30/h7-23,32,55H,24-28H2,1-6H3,(H2,47,49)(H,48,56). The highest BCUT2D eigenvalue weighted by atomic mass is 32.2. The number of nitrogen functional groups attached to an aromatic ring is 1. The zero-order valence-corrected chi connectivity index (χ0v) is 40.0. The van der Waals surface area contributed by atoms with Crippen LogP contribution in [0.15, 0.2) is 113 Å². The average Bonchev–Trinajstić information content (AvgIpc) is 3.93. The number of sulfone groups is 1. The molecule has 7 rings (SSSR count). The second-order valence-corrected chi connectivity index (χ2v) is 21.2. The molecule has 0 saturated carbocycles. The van der Waals surface area contributed by atoms with E-state index in [2.05, 4.69) is 20.6 Å². The Balaban J connectivity index is 1.50. The summed E-state index contributed by atoms with van der Waals surface area (Å²) in [6.45, 7) is 3.67. The van der Waals surface area contributed by atoms with Crippen LogP contribution in [-0.4, -0.2) is 103 Å². The van der Waals surface area contributed by atoms with Crippen molar-refractivity contribution < 1.29 is 45.7 Å². The van der Waals surface area contributed by atoms with E-state index in [1.54, 1.807) is 101 Å². The number of nitrogens with two attached hydrogens (primary N) is 1. The number of amides is 1. The number of tetrazole rings is 1. The number of hydrogen-bond acceptors (Lipinski definition) is 16. The number of aliphatic hydroxyl groups is 1. The van der Waals surface area contributed by atoms with Gasteiger partial charge in [0.15, 0.2) is 15.0 Å². The Morgan fingerprint density at radius 2 is 1.37 bits per heavy atom. The molecule has 1 unspecified atom stereocenters. The van der Waals surface area contributed by atoms with E-state index in [9.17, 15) is 9.90 Å². The summed E-state index contributed by atoms with van der Waals surface area (Å²) in [7, 11) is -5.21. The van der Waals surface area contributed by atoms with Crippen LogP contribution in [0.2, 0.25) is 0 Å². The number of para-hydroxylation sites is 1. The van der Waals surface area contributed by atoms with Crippen molar-refractivity contribution in [3.63, 3.8) is 0 Å². The summed E-state index contributed by atoms with van der Waals surface area (Å²) in [6, 6.07) is 27.2. The fourth-order valence-corrected chi connectivity index (χ4v) is 11.9. The maximum atomic E-state index is 16.1. The normalized spacial score (nSPS) is 12.5. The van der Waals surface area contributed by atoms with Gasteiger partial charge in [-0.25, -0.2) is 26.6 Å². The molecule has 0 fully saturated rings. The molecule has 0 bridgehead atoms. The highest BCUT2D eigenvalue weighted by Crippen LogP contribution is 2.44. The SMILES string of the molecule is COc1ccc(CN(Cc2ccc(OC)cc2)S(=O)(=O)c2c(S(=O)(=O)CC(CO)NC(=O)OC(C)(C)C)ccc(-c3cccc4sc(N)nc34)c2-c2nnn(Cc3ccc(OC)cc3)n2)cc1. The lowest BCUT2D eigenvalue weighted by atomic mass is 9.98. The van der Waals surface area contributed by atoms with Gasteiger partial charge >= 0.3 is 6.09 Å². The number of methoxy groups -OCH3 is 3. The molecule has 18 nitrogen and oxygen atoms in total. The van der Waals surface area contributed by atoms with Gasteiger partial charge in [0.1, 0.15) is 27.7 Å². The van der Waals surface area contributed by atoms with E-state index < -0.39 is 59.7 Å². The second kappa shape index (κ2) is 20.1. The molecule has 4 N–H and O–H groups in total. The molecule has 1 amide bonds. The number of aromatic nitrogens is 5. The summed E-state index contributed by atoms with van der Waals surface area (Å²) < 4.78 is 85.5. The Morgan fingerprint density at radius 3 is 1.91 bits per heavy atom. The van der Waals surface area contributed by atoms with Crippen LogP contribution in [-0.2, 0) is 44.2 Å². The highest BCUT2D eigenvalue weighted by Gasteiger charge is 2.39. The first-order valence-electron chi connectivity index (χ1n) is 20.7. The first-order chi connectivity index (χ1) is 31.9. The Hall–Kier alpha value is -6.65. The number of fused-ring (bicyclic) bond motifs is 1. The van der Waals surface area contributed by atoms with Gasteiger partial charge in [0.05, 0.1) is 67.0 Å². The number of carbonyl (C=O) groups excluding carboxylic acids is 1. The van der Waals surface area contributed by atoms with Crippen molar-refractivity contribution in [2.24, 2.45) is 0 Å². The first-order valence-corrected chi connectivity index (χ1v) is 24.6. The van der Waals surface area contributed by atoms with Crippen molar-refractivity contribution in [2.45, 2.75) is 61.8 Å². The third-order valence-electron chi connectivity index (χ3n) is 10.3. The van der Waals surface area contributed by atoms with Crippen LogP contribution >= 0.6 is 11.3 Å². The number of anilines is 1. The molecule has 7 aromatic rings. The van der Waals surface area contributed by atoms with Crippen LogP contribution in [0.25, 0.3) is 32.7 Å². The fraction of sp³-hybridized carbons (Fsp3) is 0.283. The molecule has 0 aliphatic carbocycles. The smallest absolute Gasteiger partial charge is 0.407 e. The topological polar surface area (TPSA) is 240 Å². The predicted molar refractivity (Wildman–Crippen MR) is 253 cm³/mol. The van der Waals surface area contributed by atoms with Crippen LogP contribution in [0.3, 0.4) is 0 Å². The largest absolute Gasteiger partial charge is 0.497 e. The Morgan fingerprint density at radius 1 is 0.806 bits per heavy atom. The molecular formula is C46H50N8O10S3. The molecular weight excluding hydrogens is 921 g/mol. The summed E-state index contributed by atoms with van der Waals surface area (Å²) in [5.74, 6) is 0.547. The summed E-state index contributed by atoms with van der Waals surface area (Å²) in [6.07, 6.45) is -0.982. The third kappa shape index (κ3) is 11.3. The lowest BCUT2D eigenvalue weighted by Crippen LogP contribution is -2.44. The number of hydrogen-bond donors (Lipinski definition) is 3. The molecule has 0 aliphatic rings. The summed E-state index contributed by atoms with van der Waals surface area (Å²) in [5.41, 5.74) is 7.96. The van der Waals surface area contributed by atoms with E-state index in [1.165, 1.54) is 42.5 Å². The van der Waals surface area contributed by atoms with Crippen LogP contribution in [0.4, 0.5) is 9.93 Å². The van der Waals surface area contributed by atoms with Gasteiger partial charge in [-0.3, -0.25) is 0 Å². The lowest BCUT2D eigenvalue weighted by Gasteiger charge is -2.27. The number of nitrogens with one attached hydrogen (secondary N) is 1. The quantitative estimate of drug-likeness (QED) is 0.0852. The van der Waals surface area contributed by atoms with Crippen molar-refractivity contribution in [1.82, 2.24) is 34.8 Å². The number of ether oxygens (including phenoxy) is 4. The van der Waals surface area contributed by atoms with Gasteiger partial charge in [0.25, 0.3) is 0 Å². The summed E-state index contributed by atoms with van der Waals surface area (Å²) in [5, 5.41) is 26.5. The van der Waals surface area contributed by atoms with Crippen molar-refractivity contribution >= 4 is 52.6 Å². The van der Waals surface area contributed by atoms with Gasteiger partial charge in [-0.1, -0.05) is 65.9 Å². The van der Waals surface area contributed by atoms with Crippen LogP contribution in [0, 0.1) is 0 Å². The van der Waals surface area contributed by atoms with Crippen molar-refractivity contribution in [3.8, 4) is 39.8 Å². The van der Waals surface area contributed by atoms with E-state index in [-0.39, 0.29) is 41.7 Å². The molecule has 0 radical (unpaired) electrons. The van der Waals surface area contributed by atoms with E-state index >= 15 is 16.8 Å². The minimum absolute atomic E-state index is 0.0974.